The Balaban J connectivity index is 1.62. The molecule has 0 aliphatic carbocycles. The molecule has 1 fully saturated rings. The highest BCUT2D eigenvalue weighted by Gasteiger charge is 2.26. The Labute approximate surface area is 159 Å². The zero-order chi connectivity index (χ0) is 18.7. The average Bonchev–Trinajstić information content (AvgIpc) is 2.96. The number of amides is 1. The van der Waals surface area contributed by atoms with E-state index in [1.54, 1.807) is 11.3 Å². The lowest BCUT2D eigenvalue weighted by Gasteiger charge is -2.38. The summed E-state index contributed by atoms with van der Waals surface area (Å²) in [4.78, 5) is 23.7. The van der Waals surface area contributed by atoms with Crippen LogP contribution in [0.3, 0.4) is 0 Å². The number of hydrogen-bond acceptors (Lipinski definition) is 5. The Bertz CT molecular complexity index is 753. The summed E-state index contributed by atoms with van der Waals surface area (Å²) >= 11 is 1.57. The molecule has 2 aromatic heterocycles. The number of carbonyl (C=O) groups excluding carboxylic acids is 1. The summed E-state index contributed by atoms with van der Waals surface area (Å²) in [6.07, 6.45) is 5.51. The van der Waals surface area contributed by atoms with E-state index in [-0.39, 0.29) is 5.91 Å². The molecular formula is C20H28N4OS. The van der Waals surface area contributed by atoms with Gasteiger partial charge in [0.25, 0.3) is 0 Å². The Morgan fingerprint density at radius 2 is 2.04 bits per heavy atom. The van der Waals surface area contributed by atoms with Gasteiger partial charge < -0.3 is 5.32 Å². The van der Waals surface area contributed by atoms with Crippen LogP contribution in [-0.4, -0.2) is 33.4 Å². The molecule has 6 heteroatoms. The Hall–Kier alpha value is -1.79. The number of piperidine rings is 1. The molecule has 3 rings (SSSR count). The lowest BCUT2D eigenvalue weighted by molar-refractivity contribution is -0.114. The first-order chi connectivity index (χ1) is 12.4. The number of thiazole rings is 1. The molecule has 0 bridgehead atoms. The van der Waals surface area contributed by atoms with Crippen LogP contribution in [0.25, 0.3) is 0 Å². The van der Waals surface area contributed by atoms with Crippen LogP contribution in [0, 0.1) is 19.8 Å². The maximum Gasteiger partial charge on any atom is 0.223 e. The summed E-state index contributed by atoms with van der Waals surface area (Å²) < 4.78 is 0. The fraction of sp³-hybridized carbons (Fsp3) is 0.550. The maximum absolute atomic E-state index is 11.2. The van der Waals surface area contributed by atoms with E-state index in [2.05, 4.69) is 53.1 Å². The molecule has 1 aliphatic heterocycles. The first kappa shape index (κ1) is 19.0. The van der Waals surface area contributed by atoms with Crippen molar-refractivity contribution in [3.8, 4) is 0 Å². The zero-order valence-electron chi connectivity index (χ0n) is 16.1. The first-order valence-corrected chi connectivity index (χ1v) is 10.1. The van der Waals surface area contributed by atoms with Gasteiger partial charge in [0.15, 0.2) is 5.13 Å². The SMILES string of the molecule is CC(=O)Nc1ncc(CN2CC(Cc3cc(C)nc(C)c3)CC[C@H]2C)s1. The molecule has 1 unspecified atom stereocenters. The zero-order valence-corrected chi connectivity index (χ0v) is 16.9. The van der Waals surface area contributed by atoms with Crippen molar-refractivity contribution in [1.82, 2.24) is 14.9 Å². The van der Waals surface area contributed by atoms with E-state index >= 15 is 0 Å². The van der Waals surface area contributed by atoms with Crippen molar-refractivity contribution < 1.29 is 4.79 Å². The van der Waals surface area contributed by atoms with Gasteiger partial charge in [-0.1, -0.05) is 0 Å². The van der Waals surface area contributed by atoms with Crippen LogP contribution in [-0.2, 0) is 17.8 Å². The summed E-state index contributed by atoms with van der Waals surface area (Å²) in [6, 6.07) is 5.02. The molecule has 1 N–H and O–H groups in total. The molecule has 1 amide bonds. The molecule has 0 aromatic carbocycles. The van der Waals surface area contributed by atoms with Gasteiger partial charge in [-0.05, 0) is 63.6 Å². The minimum absolute atomic E-state index is 0.0692. The van der Waals surface area contributed by atoms with Crippen molar-refractivity contribution in [2.75, 3.05) is 11.9 Å². The van der Waals surface area contributed by atoms with Crippen LogP contribution in [0.2, 0.25) is 0 Å². The smallest absolute Gasteiger partial charge is 0.223 e. The third-order valence-corrected chi connectivity index (χ3v) is 5.87. The topological polar surface area (TPSA) is 58.1 Å². The van der Waals surface area contributed by atoms with Crippen molar-refractivity contribution >= 4 is 22.4 Å². The van der Waals surface area contributed by atoms with Crippen LogP contribution in [0.15, 0.2) is 18.3 Å². The number of aromatic nitrogens is 2. The maximum atomic E-state index is 11.2. The number of nitrogens with one attached hydrogen (secondary N) is 1. The monoisotopic (exact) mass is 372 g/mol. The molecule has 0 spiro atoms. The van der Waals surface area contributed by atoms with Gasteiger partial charge in [0.1, 0.15) is 0 Å². The number of carbonyl (C=O) groups is 1. The standard InChI is InChI=1S/C20H28N4OS/c1-13-7-18(8-14(2)22-13)9-17-6-5-15(3)24(11-17)12-19-10-21-20(26-19)23-16(4)25/h7-8,10,15,17H,5-6,9,11-12H2,1-4H3,(H,21,23,25)/t15-,17?/m1/s1. The lowest BCUT2D eigenvalue weighted by atomic mass is 9.88. The van der Waals surface area contributed by atoms with Gasteiger partial charge in [0.2, 0.25) is 5.91 Å². The second kappa shape index (κ2) is 8.27. The van der Waals surface area contributed by atoms with Crippen molar-refractivity contribution in [1.29, 1.82) is 0 Å². The summed E-state index contributed by atoms with van der Waals surface area (Å²) in [5, 5.41) is 3.46. The van der Waals surface area contributed by atoms with E-state index in [0.717, 1.165) is 30.9 Å². The predicted octanol–water partition coefficient (Wildman–Crippen LogP) is 3.96. The number of anilines is 1. The van der Waals surface area contributed by atoms with Gasteiger partial charge in [0, 0.05) is 48.5 Å². The molecule has 140 valence electrons. The Morgan fingerprint density at radius 3 is 2.73 bits per heavy atom. The van der Waals surface area contributed by atoms with E-state index in [1.165, 1.54) is 30.2 Å². The summed E-state index contributed by atoms with van der Waals surface area (Å²) in [6.45, 7) is 9.98. The average molecular weight is 373 g/mol. The van der Waals surface area contributed by atoms with Crippen molar-refractivity contribution in [2.45, 2.75) is 59.5 Å². The van der Waals surface area contributed by atoms with E-state index in [9.17, 15) is 4.79 Å². The fourth-order valence-corrected chi connectivity index (χ4v) is 4.69. The van der Waals surface area contributed by atoms with Gasteiger partial charge in [-0.2, -0.15) is 0 Å². The number of aryl methyl sites for hydroxylation is 2. The Kier molecular flexibility index (Phi) is 6.04. The normalized spacial score (nSPS) is 20.9. The summed E-state index contributed by atoms with van der Waals surface area (Å²) in [7, 11) is 0. The van der Waals surface area contributed by atoms with Gasteiger partial charge in [-0.15, -0.1) is 11.3 Å². The second-order valence-electron chi connectivity index (χ2n) is 7.50. The van der Waals surface area contributed by atoms with Crippen molar-refractivity contribution in [2.24, 2.45) is 5.92 Å². The molecule has 2 atom stereocenters. The number of likely N-dealkylation sites (tertiary alicyclic amines) is 1. The quantitative estimate of drug-likeness (QED) is 0.863. The van der Waals surface area contributed by atoms with Gasteiger partial charge in [0.05, 0.1) is 0 Å². The van der Waals surface area contributed by atoms with Gasteiger partial charge >= 0.3 is 0 Å². The summed E-state index contributed by atoms with van der Waals surface area (Å²) in [5.74, 6) is 0.607. The second-order valence-corrected chi connectivity index (χ2v) is 8.61. The molecule has 26 heavy (non-hydrogen) atoms. The third-order valence-electron chi connectivity index (χ3n) is 4.97. The third kappa shape index (κ3) is 5.11. The molecule has 5 nitrogen and oxygen atoms in total. The first-order valence-electron chi connectivity index (χ1n) is 9.29. The van der Waals surface area contributed by atoms with Crippen molar-refractivity contribution in [3.63, 3.8) is 0 Å². The lowest BCUT2D eigenvalue weighted by Crippen LogP contribution is -2.41. The Morgan fingerprint density at radius 1 is 1.31 bits per heavy atom. The van der Waals surface area contributed by atoms with Crippen LogP contribution < -0.4 is 5.32 Å². The molecule has 0 radical (unpaired) electrons. The van der Waals surface area contributed by atoms with Gasteiger partial charge in [-0.25, -0.2) is 4.98 Å². The molecule has 3 heterocycles. The van der Waals surface area contributed by atoms with E-state index in [4.69, 9.17) is 0 Å². The molecular weight excluding hydrogens is 344 g/mol. The van der Waals surface area contributed by atoms with E-state index < -0.39 is 0 Å². The van der Waals surface area contributed by atoms with Gasteiger partial charge in [-0.3, -0.25) is 14.7 Å². The fourth-order valence-electron chi connectivity index (χ4n) is 3.81. The van der Waals surface area contributed by atoms with E-state index in [1.807, 2.05) is 6.20 Å². The van der Waals surface area contributed by atoms with Crippen LogP contribution in [0.4, 0.5) is 5.13 Å². The highest BCUT2D eigenvalue weighted by Crippen LogP contribution is 2.28. The number of pyridine rings is 1. The molecule has 0 saturated carbocycles. The van der Waals surface area contributed by atoms with Crippen LogP contribution in [0.1, 0.15) is 48.5 Å². The van der Waals surface area contributed by atoms with Crippen LogP contribution in [0.5, 0.6) is 0 Å². The minimum atomic E-state index is -0.0692. The number of nitrogens with zero attached hydrogens (tertiary/aromatic N) is 3. The largest absolute Gasteiger partial charge is 0.302 e. The summed E-state index contributed by atoms with van der Waals surface area (Å²) in [5.41, 5.74) is 3.62. The van der Waals surface area contributed by atoms with Crippen LogP contribution >= 0.6 is 11.3 Å². The van der Waals surface area contributed by atoms with Crippen molar-refractivity contribution in [3.05, 3.63) is 40.2 Å². The highest BCUT2D eigenvalue weighted by atomic mass is 32.1. The predicted molar refractivity (Wildman–Crippen MR) is 106 cm³/mol. The molecule has 2 aromatic rings. The minimum Gasteiger partial charge on any atom is -0.302 e. The molecule has 1 aliphatic rings. The number of rotatable bonds is 5. The molecule has 1 saturated heterocycles. The van der Waals surface area contributed by atoms with E-state index in [0.29, 0.717) is 17.1 Å². The highest BCUT2D eigenvalue weighted by molar-refractivity contribution is 7.15. The number of hydrogen-bond donors (Lipinski definition) is 1.